The van der Waals surface area contributed by atoms with Crippen LogP contribution in [0, 0.1) is 0 Å². The summed E-state index contributed by atoms with van der Waals surface area (Å²) < 4.78 is 11.0. The van der Waals surface area contributed by atoms with Crippen LogP contribution in [0.15, 0.2) is 42.5 Å². The van der Waals surface area contributed by atoms with Crippen molar-refractivity contribution in [3.63, 3.8) is 0 Å². The van der Waals surface area contributed by atoms with Crippen LogP contribution < -0.4 is 4.74 Å². The molecule has 0 radical (unpaired) electrons. The highest BCUT2D eigenvalue weighted by Gasteiger charge is 2.40. The van der Waals surface area contributed by atoms with E-state index in [1.54, 1.807) is 0 Å². The van der Waals surface area contributed by atoms with E-state index in [-0.39, 0.29) is 48.7 Å². The Bertz CT molecular complexity index is 998. The Morgan fingerprint density at radius 2 is 1.83 bits per heavy atom. The zero-order valence-corrected chi connectivity index (χ0v) is 16.5. The molecule has 0 aliphatic carbocycles. The summed E-state index contributed by atoms with van der Waals surface area (Å²) >= 11 is 0.800. The van der Waals surface area contributed by atoms with Crippen LogP contribution in [0.2, 0.25) is 0 Å². The van der Waals surface area contributed by atoms with E-state index >= 15 is 0 Å². The van der Waals surface area contributed by atoms with Crippen molar-refractivity contribution in [1.29, 1.82) is 0 Å². The minimum absolute atomic E-state index is 0.0182. The first kappa shape index (κ1) is 20.0. The van der Waals surface area contributed by atoms with Gasteiger partial charge in [0.15, 0.2) is 23.7 Å². The highest BCUT2D eigenvalue weighted by atomic mass is 32.2. The number of fused-ring (bicyclic) bond motifs is 1. The van der Waals surface area contributed by atoms with E-state index < -0.39 is 23.0 Å². The van der Waals surface area contributed by atoms with Crippen molar-refractivity contribution < 1.29 is 34.1 Å². The third kappa shape index (κ3) is 3.91. The Morgan fingerprint density at radius 3 is 2.60 bits per heavy atom. The van der Waals surface area contributed by atoms with Crippen LogP contribution in [-0.4, -0.2) is 62.4 Å². The van der Waals surface area contributed by atoms with E-state index in [1.807, 2.05) is 30.3 Å². The molecule has 2 heterocycles. The summed E-state index contributed by atoms with van der Waals surface area (Å²) in [5, 5.41) is 18.7. The number of amides is 3. The number of hydrogen-bond acceptors (Lipinski definition) is 8. The second kappa shape index (κ2) is 8.25. The van der Waals surface area contributed by atoms with E-state index in [1.165, 1.54) is 11.0 Å². The molecule has 9 nitrogen and oxygen atoms in total. The molecule has 2 aromatic carbocycles. The standard InChI is InChI=1S/C20H18N2O7S/c23-14-8-13-16(9-15(14)24)29-11-21(17(13)25)6-7-28-19-18(26)22(20(27)30-19)10-12-4-2-1-3-5-12/h1-5,8-9,19,23-24H,6-7,10-11H2. The highest BCUT2D eigenvalue weighted by Crippen LogP contribution is 2.35. The van der Waals surface area contributed by atoms with Crippen molar-refractivity contribution in [1.82, 2.24) is 9.80 Å². The van der Waals surface area contributed by atoms with Gasteiger partial charge in [0.25, 0.3) is 17.1 Å². The second-order valence-electron chi connectivity index (χ2n) is 6.68. The van der Waals surface area contributed by atoms with E-state index in [0.717, 1.165) is 28.3 Å². The smallest absolute Gasteiger partial charge is 0.291 e. The van der Waals surface area contributed by atoms with Crippen LogP contribution in [0.3, 0.4) is 0 Å². The average molecular weight is 430 g/mol. The van der Waals surface area contributed by atoms with E-state index in [4.69, 9.17) is 9.47 Å². The highest BCUT2D eigenvalue weighted by molar-refractivity contribution is 8.15. The number of benzene rings is 2. The molecule has 1 fully saturated rings. The summed E-state index contributed by atoms with van der Waals surface area (Å²) in [4.78, 5) is 39.7. The van der Waals surface area contributed by atoms with Crippen LogP contribution in [0.25, 0.3) is 0 Å². The number of aromatic hydroxyl groups is 2. The topological polar surface area (TPSA) is 117 Å². The van der Waals surface area contributed by atoms with Crippen molar-refractivity contribution in [2.45, 2.75) is 12.0 Å². The summed E-state index contributed by atoms with van der Waals surface area (Å²) in [5.41, 5.74) is -0.00755. The SMILES string of the molecule is O=C1c2cc(O)c(O)cc2OCN1CCOC1SC(=O)N(Cc2ccccc2)C1=O. The molecule has 2 aliphatic rings. The lowest BCUT2D eigenvalue weighted by Gasteiger charge is -2.29. The number of thioether (sulfide) groups is 1. The fraction of sp³-hybridized carbons (Fsp3) is 0.250. The van der Waals surface area contributed by atoms with Crippen molar-refractivity contribution in [3.05, 3.63) is 53.6 Å². The van der Waals surface area contributed by atoms with Gasteiger partial charge in [0, 0.05) is 18.7 Å². The van der Waals surface area contributed by atoms with Crippen molar-refractivity contribution in [2.75, 3.05) is 19.9 Å². The van der Waals surface area contributed by atoms with Crippen molar-refractivity contribution >= 4 is 28.8 Å². The summed E-state index contributed by atoms with van der Waals surface area (Å²) in [7, 11) is 0. The molecule has 30 heavy (non-hydrogen) atoms. The fourth-order valence-electron chi connectivity index (χ4n) is 3.09. The van der Waals surface area contributed by atoms with Gasteiger partial charge in [-0.25, -0.2) is 0 Å². The van der Waals surface area contributed by atoms with Crippen molar-refractivity contribution in [2.24, 2.45) is 0 Å². The Kier molecular flexibility index (Phi) is 5.51. The van der Waals surface area contributed by atoms with E-state index in [0.29, 0.717) is 0 Å². The molecule has 2 aliphatic heterocycles. The largest absolute Gasteiger partial charge is 0.504 e. The Morgan fingerprint density at radius 1 is 1.10 bits per heavy atom. The first-order valence-electron chi connectivity index (χ1n) is 9.09. The maximum Gasteiger partial charge on any atom is 0.291 e. The zero-order valence-electron chi connectivity index (χ0n) is 15.7. The van der Waals surface area contributed by atoms with E-state index in [2.05, 4.69) is 0 Å². The van der Waals surface area contributed by atoms with E-state index in [9.17, 15) is 24.6 Å². The number of hydrogen-bond donors (Lipinski definition) is 2. The number of imide groups is 1. The Labute approximate surface area is 175 Å². The third-order valence-corrected chi connectivity index (χ3v) is 5.65. The van der Waals surface area contributed by atoms with Gasteiger partial charge in [-0.15, -0.1) is 0 Å². The predicted octanol–water partition coefficient (Wildman–Crippen LogP) is 2.13. The fourth-order valence-corrected chi connectivity index (χ4v) is 3.95. The molecular weight excluding hydrogens is 412 g/mol. The molecule has 1 atom stereocenters. The molecule has 4 rings (SSSR count). The lowest BCUT2D eigenvalue weighted by molar-refractivity contribution is -0.134. The molecule has 10 heteroatoms. The quantitative estimate of drug-likeness (QED) is 0.670. The third-order valence-electron chi connectivity index (χ3n) is 4.68. The molecule has 156 valence electrons. The monoisotopic (exact) mass is 430 g/mol. The summed E-state index contributed by atoms with van der Waals surface area (Å²) in [5.74, 6) is -1.45. The first-order chi connectivity index (χ1) is 14.4. The Hall–Kier alpha value is -3.24. The van der Waals surface area contributed by atoms with Gasteiger partial charge in [-0.2, -0.15) is 0 Å². The average Bonchev–Trinajstić information content (AvgIpc) is 3.00. The van der Waals surface area contributed by atoms with Crippen LogP contribution in [-0.2, 0) is 16.1 Å². The molecule has 1 unspecified atom stereocenters. The summed E-state index contributed by atoms with van der Waals surface area (Å²) in [6.45, 7) is 0.253. The number of rotatable bonds is 6. The van der Waals surface area contributed by atoms with Crippen LogP contribution in [0.5, 0.6) is 17.2 Å². The van der Waals surface area contributed by atoms with Crippen LogP contribution in [0.1, 0.15) is 15.9 Å². The van der Waals surface area contributed by atoms with Gasteiger partial charge < -0.3 is 24.6 Å². The summed E-state index contributed by atoms with van der Waals surface area (Å²) in [6.07, 6.45) is 0. The summed E-state index contributed by atoms with van der Waals surface area (Å²) in [6, 6.07) is 11.5. The van der Waals surface area contributed by atoms with Gasteiger partial charge in [0.2, 0.25) is 0 Å². The van der Waals surface area contributed by atoms with Crippen molar-refractivity contribution in [3.8, 4) is 17.2 Å². The number of carbonyl (C=O) groups excluding carboxylic acids is 3. The molecule has 1 saturated heterocycles. The van der Waals surface area contributed by atoms with Gasteiger partial charge in [0.1, 0.15) is 5.75 Å². The molecule has 2 N–H and O–H groups in total. The predicted molar refractivity (Wildman–Crippen MR) is 106 cm³/mol. The minimum atomic E-state index is -0.963. The molecule has 0 bridgehead atoms. The number of carbonyl (C=O) groups is 3. The Balaban J connectivity index is 1.32. The van der Waals surface area contributed by atoms with Crippen LogP contribution >= 0.6 is 11.8 Å². The van der Waals surface area contributed by atoms with Gasteiger partial charge in [-0.1, -0.05) is 30.3 Å². The van der Waals surface area contributed by atoms with Gasteiger partial charge >= 0.3 is 0 Å². The number of nitrogens with zero attached hydrogens (tertiary/aromatic N) is 2. The number of ether oxygens (including phenoxy) is 2. The molecule has 3 amide bonds. The molecule has 0 saturated carbocycles. The molecule has 0 aromatic heterocycles. The molecule has 2 aromatic rings. The zero-order chi connectivity index (χ0) is 21.3. The lowest BCUT2D eigenvalue weighted by Crippen LogP contribution is -2.41. The maximum atomic E-state index is 12.5. The van der Waals surface area contributed by atoms with Crippen LogP contribution in [0.4, 0.5) is 4.79 Å². The van der Waals surface area contributed by atoms with Gasteiger partial charge in [-0.05, 0) is 17.3 Å². The second-order valence-corrected chi connectivity index (χ2v) is 7.69. The lowest BCUT2D eigenvalue weighted by atomic mass is 10.1. The molecule has 0 spiro atoms. The number of phenols is 2. The molecular formula is C20H18N2O7S. The number of phenolic OH excluding ortho intramolecular Hbond substituents is 2. The van der Waals surface area contributed by atoms with Gasteiger partial charge in [-0.3, -0.25) is 19.3 Å². The van der Waals surface area contributed by atoms with Gasteiger partial charge in [0.05, 0.1) is 18.7 Å². The first-order valence-corrected chi connectivity index (χ1v) is 9.97. The normalized spacial score (nSPS) is 18.5. The minimum Gasteiger partial charge on any atom is -0.504 e. The maximum absolute atomic E-state index is 12.5.